The fourth-order valence-corrected chi connectivity index (χ4v) is 2.70. The van der Waals surface area contributed by atoms with Crippen LogP contribution >= 0.6 is 0 Å². The Bertz CT molecular complexity index is 397. The third-order valence-electron chi connectivity index (χ3n) is 4.19. The maximum absolute atomic E-state index is 10.7. The van der Waals surface area contributed by atoms with Gasteiger partial charge in [0.25, 0.3) is 0 Å². The molecule has 0 aliphatic heterocycles. The maximum atomic E-state index is 10.7. The molecule has 1 aromatic rings. The number of benzene rings is 1. The summed E-state index contributed by atoms with van der Waals surface area (Å²) < 4.78 is 0. The van der Waals surface area contributed by atoms with Gasteiger partial charge < -0.3 is 10.2 Å². The summed E-state index contributed by atoms with van der Waals surface area (Å²) in [6, 6.07) is 7.93. The molecule has 2 atom stereocenters. The summed E-state index contributed by atoms with van der Waals surface area (Å²) in [7, 11) is 0. The maximum Gasteiger partial charge on any atom is 0.101 e. The van der Waals surface area contributed by atoms with Crippen molar-refractivity contribution in [3.63, 3.8) is 0 Å². The van der Waals surface area contributed by atoms with E-state index >= 15 is 0 Å². The molecule has 0 saturated carbocycles. The monoisotopic (exact) mass is 220 g/mol. The summed E-state index contributed by atoms with van der Waals surface area (Å²) in [5.74, 6) is 0. The highest BCUT2D eigenvalue weighted by molar-refractivity contribution is 5.44. The molecule has 88 valence electrons. The average Bonchev–Trinajstić information content (AvgIpc) is 2.26. The molecule has 0 radical (unpaired) electrons. The smallest absolute Gasteiger partial charge is 0.101 e. The molecular weight excluding hydrogens is 200 g/mol. The van der Waals surface area contributed by atoms with Crippen LogP contribution in [0.2, 0.25) is 0 Å². The Labute approximate surface area is 96.9 Å². The standard InChI is InChI=1S/C14H20O2/c1-4-12(15)13(2,3)14(16)9-10-7-5-6-8-11(10)14/h5-8,12,15-16H,4,9H2,1-3H3/t12-,14-/m0/s1. The molecular formula is C14H20O2. The average molecular weight is 220 g/mol. The van der Waals surface area contributed by atoms with Crippen molar-refractivity contribution in [3.05, 3.63) is 35.4 Å². The predicted molar refractivity (Wildman–Crippen MR) is 64.1 cm³/mol. The molecule has 0 fully saturated rings. The Kier molecular flexibility index (Phi) is 2.59. The summed E-state index contributed by atoms with van der Waals surface area (Å²) in [5, 5.41) is 20.8. The largest absolute Gasteiger partial charge is 0.392 e. The fourth-order valence-electron chi connectivity index (χ4n) is 2.70. The Morgan fingerprint density at radius 3 is 2.56 bits per heavy atom. The first kappa shape index (κ1) is 11.6. The zero-order valence-corrected chi connectivity index (χ0v) is 10.2. The number of hydrogen-bond acceptors (Lipinski definition) is 2. The molecule has 0 heterocycles. The van der Waals surface area contributed by atoms with Gasteiger partial charge in [-0.3, -0.25) is 0 Å². The van der Waals surface area contributed by atoms with E-state index in [0.717, 1.165) is 5.56 Å². The number of aliphatic hydroxyl groups excluding tert-OH is 1. The molecule has 0 unspecified atom stereocenters. The van der Waals surface area contributed by atoms with Crippen LogP contribution in [-0.4, -0.2) is 16.3 Å². The zero-order chi connectivity index (χ0) is 12.0. The molecule has 16 heavy (non-hydrogen) atoms. The molecule has 2 heteroatoms. The molecule has 0 amide bonds. The SMILES string of the molecule is CC[C@H](O)C(C)(C)[C@]1(O)Cc2ccccc21. The lowest BCUT2D eigenvalue weighted by Crippen LogP contribution is -2.55. The van der Waals surface area contributed by atoms with Gasteiger partial charge in [-0.05, 0) is 17.5 Å². The van der Waals surface area contributed by atoms with Gasteiger partial charge in [-0.25, -0.2) is 0 Å². The van der Waals surface area contributed by atoms with Gasteiger partial charge in [0, 0.05) is 11.8 Å². The third-order valence-corrected chi connectivity index (χ3v) is 4.19. The Morgan fingerprint density at radius 2 is 2.00 bits per heavy atom. The van der Waals surface area contributed by atoms with Crippen LogP contribution < -0.4 is 0 Å². The highest BCUT2D eigenvalue weighted by Crippen LogP contribution is 2.52. The van der Waals surface area contributed by atoms with Crippen LogP contribution in [0.4, 0.5) is 0 Å². The Morgan fingerprint density at radius 1 is 1.38 bits per heavy atom. The Balaban J connectivity index is 2.37. The first-order valence-electron chi connectivity index (χ1n) is 5.92. The van der Waals surface area contributed by atoms with Crippen molar-refractivity contribution in [2.45, 2.75) is 45.3 Å². The first-order chi connectivity index (χ1) is 7.43. The van der Waals surface area contributed by atoms with Gasteiger partial charge in [0.2, 0.25) is 0 Å². The molecule has 1 aliphatic rings. The van der Waals surface area contributed by atoms with Gasteiger partial charge in [0.15, 0.2) is 0 Å². The van der Waals surface area contributed by atoms with Gasteiger partial charge in [-0.1, -0.05) is 45.0 Å². The van der Waals surface area contributed by atoms with E-state index in [1.54, 1.807) is 0 Å². The van der Waals surface area contributed by atoms with Gasteiger partial charge in [-0.2, -0.15) is 0 Å². The van der Waals surface area contributed by atoms with E-state index in [1.165, 1.54) is 5.56 Å². The second-order valence-electron chi connectivity index (χ2n) is 5.34. The minimum absolute atomic E-state index is 0.481. The van der Waals surface area contributed by atoms with Gasteiger partial charge in [0.05, 0.1) is 6.10 Å². The van der Waals surface area contributed by atoms with E-state index in [0.29, 0.717) is 12.8 Å². The van der Waals surface area contributed by atoms with Crippen LogP contribution in [0, 0.1) is 5.41 Å². The minimum Gasteiger partial charge on any atom is -0.392 e. The highest BCUT2D eigenvalue weighted by Gasteiger charge is 2.54. The number of fused-ring (bicyclic) bond motifs is 1. The van der Waals surface area contributed by atoms with Crippen LogP contribution in [-0.2, 0) is 12.0 Å². The summed E-state index contributed by atoms with van der Waals surface area (Å²) in [5.41, 5.74) is 0.795. The van der Waals surface area contributed by atoms with Gasteiger partial charge in [-0.15, -0.1) is 0 Å². The van der Waals surface area contributed by atoms with Crippen molar-refractivity contribution >= 4 is 0 Å². The zero-order valence-electron chi connectivity index (χ0n) is 10.2. The van der Waals surface area contributed by atoms with Crippen LogP contribution in [0.5, 0.6) is 0 Å². The van der Waals surface area contributed by atoms with Crippen molar-refractivity contribution < 1.29 is 10.2 Å². The Hall–Kier alpha value is -0.860. The summed E-state index contributed by atoms with van der Waals surface area (Å²) >= 11 is 0. The van der Waals surface area contributed by atoms with Crippen LogP contribution in [0.25, 0.3) is 0 Å². The van der Waals surface area contributed by atoms with Gasteiger partial charge in [0.1, 0.15) is 5.60 Å². The number of hydrogen-bond donors (Lipinski definition) is 2. The lowest BCUT2D eigenvalue weighted by Gasteiger charge is -2.52. The van der Waals surface area contributed by atoms with Crippen LogP contribution in [0.15, 0.2) is 24.3 Å². The molecule has 0 saturated heterocycles. The molecule has 0 bridgehead atoms. The highest BCUT2D eigenvalue weighted by atomic mass is 16.3. The van der Waals surface area contributed by atoms with Crippen molar-refractivity contribution in [1.29, 1.82) is 0 Å². The van der Waals surface area contributed by atoms with Crippen molar-refractivity contribution in [2.75, 3.05) is 0 Å². The quantitative estimate of drug-likeness (QED) is 0.820. The fraction of sp³-hybridized carbons (Fsp3) is 0.571. The predicted octanol–water partition coefficient (Wildman–Crippen LogP) is 2.23. The van der Waals surface area contributed by atoms with E-state index in [1.807, 2.05) is 45.0 Å². The van der Waals surface area contributed by atoms with Crippen molar-refractivity contribution in [1.82, 2.24) is 0 Å². The third kappa shape index (κ3) is 1.33. The summed E-state index contributed by atoms with van der Waals surface area (Å²) in [6.07, 6.45) is 0.830. The lowest BCUT2D eigenvalue weighted by atomic mass is 9.57. The molecule has 0 spiro atoms. The molecule has 2 nitrogen and oxygen atoms in total. The second kappa shape index (κ2) is 3.57. The van der Waals surface area contributed by atoms with Crippen molar-refractivity contribution in [2.24, 2.45) is 5.41 Å². The number of rotatable bonds is 3. The first-order valence-corrected chi connectivity index (χ1v) is 5.92. The van der Waals surface area contributed by atoms with E-state index in [9.17, 15) is 10.2 Å². The normalized spacial score (nSPS) is 25.8. The van der Waals surface area contributed by atoms with Crippen molar-refractivity contribution in [3.8, 4) is 0 Å². The topological polar surface area (TPSA) is 40.5 Å². The second-order valence-corrected chi connectivity index (χ2v) is 5.34. The molecule has 1 aliphatic carbocycles. The van der Waals surface area contributed by atoms with Crippen LogP contribution in [0.3, 0.4) is 0 Å². The van der Waals surface area contributed by atoms with E-state index in [4.69, 9.17) is 0 Å². The minimum atomic E-state index is -0.876. The number of aliphatic hydroxyl groups is 2. The molecule has 1 aromatic carbocycles. The summed E-state index contributed by atoms with van der Waals surface area (Å²) in [4.78, 5) is 0. The molecule has 0 aromatic heterocycles. The summed E-state index contributed by atoms with van der Waals surface area (Å²) in [6.45, 7) is 5.83. The molecule has 2 N–H and O–H groups in total. The van der Waals surface area contributed by atoms with Crippen LogP contribution in [0.1, 0.15) is 38.3 Å². The lowest BCUT2D eigenvalue weighted by molar-refractivity contribution is -0.147. The van der Waals surface area contributed by atoms with Gasteiger partial charge >= 0.3 is 0 Å². The molecule has 2 rings (SSSR count). The van der Waals surface area contributed by atoms with E-state index in [-0.39, 0.29) is 0 Å². The van der Waals surface area contributed by atoms with E-state index < -0.39 is 17.1 Å². The van der Waals surface area contributed by atoms with E-state index in [2.05, 4.69) is 0 Å².